The second-order valence-electron chi connectivity index (χ2n) is 11.9. The maximum atomic E-state index is 12.5. The number of halogens is 1. The fraction of sp³-hybridized carbons (Fsp3) is 0.100. The topological polar surface area (TPSA) is 137 Å². The normalized spacial score (nSPS) is 11.7. The number of carbonyl (C=O) groups excluding carboxylic acids is 1. The van der Waals surface area contributed by atoms with Crippen molar-refractivity contribution in [1.29, 1.82) is 0 Å². The Balaban J connectivity index is 0.000000164. The maximum Gasteiger partial charge on any atom is 0.356 e. The van der Waals surface area contributed by atoms with Gasteiger partial charge in [0.05, 0.1) is 17.1 Å². The summed E-state index contributed by atoms with van der Waals surface area (Å²) in [5.74, 6) is -1.18. The van der Waals surface area contributed by atoms with Gasteiger partial charge in [-0.3, -0.25) is 4.79 Å². The summed E-state index contributed by atoms with van der Waals surface area (Å²) in [5, 5.41) is 19.8. The van der Waals surface area contributed by atoms with Gasteiger partial charge in [0, 0.05) is 54.6 Å². The minimum absolute atomic E-state index is 0. The van der Waals surface area contributed by atoms with Crippen LogP contribution in [0.1, 0.15) is 58.0 Å². The molecule has 4 N–H and O–H groups in total. The van der Waals surface area contributed by atoms with Crippen molar-refractivity contribution in [2.45, 2.75) is 25.9 Å². The fourth-order valence-electron chi connectivity index (χ4n) is 5.34. The van der Waals surface area contributed by atoms with Crippen LogP contribution >= 0.6 is 12.4 Å². The van der Waals surface area contributed by atoms with Crippen LogP contribution < -0.4 is 11.1 Å². The molecular weight excluding hydrogens is 676 g/mol. The molecule has 0 bridgehead atoms. The molecule has 6 aromatic heterocycles. The number of benzene rings is 2. The minimum Gasteiger partial charge on any atom is -0.476 e. The largest absolute Gasteiger partial charge is 0.476 e. The number of carboxylic acids is 1. The van der Waals surface area contributed by atoms with Crippen LogP contribution in [-0.2, 0) is 0 Å². The van der Waals surface area contributed by atoms with Crippen LogP contribution in [0.15, 0.2) is 159 Å². The van der Waals surface area contributed by atoms with Gasteiger partial charge < -0.3 is 25.3 Å². The fourth-order valence-corrected chi connectivity index (χ4v) is 5.34. The molecule has 0 unspecified atom stereocenters. The number of aromatic carboxylic acids is 1. The van der Waals surface area contributed by atoms with Gasteiger partial charge in [-0.25, -0.2) is 13.8 Å². The Morgan fingerprint density at radius 3 is 1.48 bits per heavy atom. The van der Waals surface area contributed by atoms with Crippen molar-refractivity contribution in [3.63, 3.8) is 0 Å². The minimum atomic E-state index is -1.00. The van der Waals surface area contributed by atoms with E-state index in [1.807, 2.05) is 122 Å². The van der Waals surface area contributed by atoms with Crippen molar-refractivity contribution < 1.29 is 14.7 Å². The van der Waals surface area contributed by atoms with Crippen LogP contribution in [0.3, 0.4) is 0 Å². The van der Waals surface area contributed by atoms with Gasteiger partial charge in [-0.2, -0.15) is 10.2 Å². The Hall–Kier alpha value is -6.43. The second kappa shape index (κ2) is 17.0. The van der Waals surface area contributed by atoms with Crippen molar-refractivity contribution in [2.24, 2.45) is 5.73 Å². The molecular formula is C40H39ClN8O3. The van der Waals surface area contributed by atoms with Gasteiger partial charge in [-0.05, 0) is 110 Å². The zero-order chi connectivity index (χ0) is 35.7. The summed E-state index contributed by atoms with van der Waals surface area (Å²) in [6.07, 6.45) is 11.6. The zero-order valence-electron chi connectivity index (χ0n) is 28.6. The van der Waals surface area contributed by atoms with E-state index in [2.05, 4.69) is 44.3 Å². The SMILES string of the molecule is C[C@@H](N)c1ccc(-n2cccc2)cc1.C[C@@H](NC(=O)c1cc2ccccn2n1)c1ccc(-n2cccc2)cc1.Cl.O=C(O)c1cc2ccccn2n1. The van der Waals surface area contributed by atoms with Crippen molar-refractivity contribution in [2.75, 3.05) is 0 Å². The van der Waals surface area contributed by atoms with E-state index < -0.39 is 5.97 Å². The summed E-state index contributed by atoms with van der Waals surface area (Å²) in [5.41, 5.74) is 12.4. The Bertz CT molecular complexity index is 2260. The third-order valence-corrected chi connectivity index (χ3v) is 8.16. The average molecular weight is 715 g/mol. The van der Waals surface area contributed by atoms with Gasteiger partial charge in [0.15, 0.2) is 11.4 Å². The molecule has 0 radical (unpaired) electrons. The maximum absolute atomic E-state index is 12.5. The first kappa shape index (κ1) is 36.8. The molecule has 0 aliphatic carbocycles. The lowest BCUT2D eigenvalue weighted by Crippen LogP contribution is -2.27. The summed E-state index contributed by atoms with van der Waals surface area (Å²) in [4.78, 5) is 23.0. The number of nitrogens with one attached hydrogen (secondary N) is 1. The molecule has 52 heavy (non-hydrogen) atoms. The standard InChI is InChI=1S/C20H18N4O.C12H14N2.C8H6N2O2.ClH/c1-15(16-7-9-17(10-8-16)23-11-4-5-12-23)21-20(25)19-14-18-6-2-3-13-24(18)22-19;1-10(13)11-4-6-12(7-5-11)14-8-2-3-9-14;11-8(12)7-5-6-3-1-2-4-10(6)9-7;/h2-15H,1H3,(H,21,25);2-10H,13H2,1H3;1-5H,(H,11,12);1H/t15-;10-;;/m11../s1. The zero-order valence-corrected chi connectivity index (χ0v) is 29.4. The first-order chi connectivity index (χ1) is 24.7. The third kappa shape index (κ3) is 9.02. The molecule has 0 saturated heterocycles. The number of nitrogens with zero attached hydrogens (tertiary/aromatic N) is 6. The molecule has 0 aliphatic rings. The number of rotatable bonds is 7. The molecule has 0 aliphatic heterocycles. The number of pyridine rings is 2. The predicted molar refractivity (Wildman–Crippen MR) is 205 cm³/mol. The number of carbonyl (C=O) groups is 2. The van der Waals surface area contributed by atoms with Crippen LogP contribution in [-0.4, -0.2) is 45.3 Å². The van der Waals surface area contributed by atoms with Crippen LogP contribution in [0.4, 0.5) is 0 Å². The van der Waals surface area contributed by atoms with E-state index >= 15 is 0 Å². The summed E-state index contributed by atoms with van der Waals surface area (Å²) in [6.45, 7) is 3.96. The summed E-state index contributed by atoms with van der Waals surface area (Å²) < 4.78 is 7.35. The van der Waals surface area contributed by atoms with Crippen LogP contribution in [0.5, 0.6) is 0 Å². The molecule has 12 heteroatoms. The summed E-state index contributed by atoms with van der Waals surface area (Å²) in [6, 6.07) is 39.0. The Kier molecular flexibility index (Phi) is 12.0. The van der Waals surface area contributed by atoms with Crippen molar-refractivity contribution in [3.05, 3.63) is 181 Å². The number of amides is 1. The summed E-state index contributed by atoms with van der Waals surface area (Å²) >= 11 is 0. The predicted octanol–water partition coefficient (Wildman–Crippen LogP) is 7.57. The lowest BCUT2D eigenvalue weighted by atomic mass is 10.1. The van der Waals surface area contributed by atoms with Crippen molar-refractivity contribution >= 4 is 35.3 Å². The number of fused-ring (bicyclic) bond motifs is 2. The van der Waals surface area contributed by atoms with Crippen LogP contribution in [0.2, 0.25) is 0 Å². The molecule has 0 saturated carbocycles. The van der Waals surface area contributed by atoms with Crippen LogP contribution in [0.25, 0.3) is 22.4 Å². The highest BCUT2D eigenvalue weighted by atomic mass is 35.5. The third-order valence-electron chi connectivity index (χ3n) is 8.16. The Morgan fingerprint density at radius 1 is 0.615 bits per heavy atom. The lowest BCUT2D eigenvalue weighted by molar-refractivity contribution is 0.0689. The molecule has 8 rings (SSSR count). The molecule has 2 atom stereocenters. The number of hydrogen-bond donors (Lipinski definition) is 3. The van der Waals surface area contributed by atoms with Gasteiger partial charge in [0.2, 0.25) is 0 Å². The molecule has 1 amide bonds. The Morgan fingerprint density at radius 2 is 1.04 bits per heavy atom. The lowest BCUT2D eigenvalue weighted by Gasteiger charge is -2.14. The van der Waals surface area contributed by atoms with Crippen LogP contribution in [0, 0.1) is 0 Å². The highest BCUT2D eigenvalue weighted by molar-refractivity contribution is 5.93. The highest BCUT2D eigenvalue weighted by Gasteiger charge is 2.15. The van der Waals surface area contributed by atoms with Gasteiger partial charge in [-0.1, -0.05) is 36.4 Å². The molecule has 6 heterocycles. The number of aromatic nitrogens is 6. The van der Waals surface area contributed by atoms with E-state index in [9.17, 15) is 9.59 Å². The molecule has 11 nitrogen and oxygen atoms in total. The monoisotopic (exact) mass is 714 g/mol. The summed E-state index contributed by atoms with van der Waals surface area (Å²) in [7, 11) is 0. The average Bonchev–Trinajstić information content (AvgIpc) is 3.99. The number of nitrogens with two attached hydrogens (primary N) is 1. The molecule has 0 spiro atoms. The van der Waals surface area contributed by atoms with Crippen molar-refractivity contribution in [1.82, 2.24) is 33.7 Å². The van der Waals surface area contributed by atoms with E-state index in [0.717, 1.165) is 22.3 Å². The molecule has 264 valence electrons. The van der Waals surface area contributed by atoms with E-state index in [1.165, 1.54) is 21.8 Å². The molecule has 8 aromatic rings. The second-order valence-corrected chi connectivity index (χ2v) is 11.9. The van der Waals surface area contributed by atoms with E-state index in [1.54, 1.807) is 28.9 Å². The first-order valence-corrected chi connectivity index (χ1v) is 16.4. The first-order valence-electron chi connectivity index (χ1n) is 16.4. The number of hydrogen-bond acceptors (Lipinski definition) is 5. The van der Waals surface area contributed by atoms with Gasteiger partial charge in [0.25, 0.3) is 5.91 Å². The number of carboxylic acid groups (broad SMARTS) is 1. The van der Waals surface area contributed by atoms with E-state index in [4.69, 9.17) is 10.8 Å². The Labute approximate surface area is 307 Å². The molecule has 0 fully saturated rings. The van der Waals surface area contributed by atoms with Gasteiger partial charge in [0.1, 0.15) is 0 Å². The molecule has 2 aromatic carbocycles. The van der Waals surface area contributed by atoms with Gasteiger partial charge >= 0.3 is 5.97 Å². The van der Waals surface area contributed by atoms with Crippen molar-refractivity contribution in [3.8, 4) is 11.4 Å². The highest BCUT2D eigenvalue weighted by Crippen LogP contribution is 2.17. The van der Waals surface area contributed by atoms with E-state index in [-0.39, 0.29) is 36.1 Å². The van der Waals surface area contributed by atoms with Gasteiger partial charge in [-0.15, -0.1) is 12.4 Å². The van der Waals surface area contributed by atoms with E-state index in [0.29, 0.717) is 5.69 Å². The quantitative estimate of drug-likeness (QED) is 0.156. The smallest absolute Gasteiger partial charge is 0.356 e.